The molecule has 3 N–H and O–H groups in total. The summed E-state index contributed by atoms with van der Waals surface area (Å²) >= 11 is 0. The number of hydrogen-bond acceptors (Lipinski definition) is 3. The van der Waals surface area contributed by atoms with Gasteiger partial charge < -0.3 is 15.4 Å². The highest BCUT2D eigenvalue weighted by Crippen LogP contribution is 2.18. The van der Waals surface area contributed by atoms with Gasteiger partial charge in [0.2, 0.25) is 0 Å². The monoisotopic (exact) mass is 231 g/mol. The first-order valence-corrected chi connectivity index (χ1v) is 5.74. The normalized spacial score (nSPS) is 12.6. The average molecular weight is 231 g/mol. The molecule has 0 aliphatic rings. The molecule has 0 aliphatic heterocycles. The highest BCUT2D eigenvalue weighted by molar-refractivity contribution is 5.36. The van der Waals surface area contributed by atoms with Crippen LogP contribution in [0.25, 0.3) is 5.69 Å². The summed E-state index contributed by atoms with van der Waals surface area (Å²) in [6.45, 7) is 2.11. The number of imidazole rings is 1. The molecule has 17 heavy (non-hydrogen) atoms. The van der Waals surface area contributed by atoms with Crippen LogP contribution in [0, 0.1) is 0 Å². The first-order valence-electron chi connectivity index (χ1n) is 5.74. The molecule has 0 saturated heterocycles. The summed E-state index contributed by atoms with van der Waals surface area (Å²) < 4.78 is 1.98. The molecule has 0 bridgehead atoms. The Balaban J connectivity index is 2.35. The quantitative estimate of drug-likeness (QED) is 0.843. The molecule has 0 aliphatic carbocycles. The van der Waals surface area contributed by atoms with E-state index in [4.69, 9.17) is 10.8 Å². The minimum atomic E-state index is -0.00461. The molecular formula is C13H17N3O. The molecule has 1 heterocycles. The summed E-state index contributed by atoms with van der Waals surface area (Å²) in [4.78, 5) is 4.14. The molecule has 0 saturated carbocycles. The molecule has 0 unspecified atom stereocenters. The van der Waals surface area contributed by atoms with E-state index in [0.29, 0.717) is 0 Å². The lowest BCUT2D eigenvalue weighted by Gasteiger charge is -2.13. The van der Waals surface area contributed by atoms with Crippen LogP contribution in [0.4, 0.5) is 0 Å². The highest BCUT2D eigenvalue weighted by atomic mass is 16.3. The molecule has 0 radical (unpaired) electrons. The van der Waals surface area contributed by atoms with Crippen molar-refractivity contribution in [1.29, 1.82) is 0 Å². The summed E-state index contributed by atoms with van der Waals surface area (Å²) in [6, 6.07) is 7.71. The molecule has 1 aromatic heterocycles. The van der Waals surface area contributed by atoms with Crippen LogP contribution in [0.2, 0.25) is 0 Å². The SMILES string of the molecule is CC[C@@H](N)c1cncn1-c1ccc(CO)cc1. The third kappa shape index (κ3) is 2.38. The van der Waals surface area contributed by atoms with Crippen molar-refractivity contribution >= 4 is 0 Å². The number of nitrogens with zero attached hydrogens (tertiary/aromatic N) is 2. The highest BCUT2D eigenvalue weighted by Gasteiger charge is 2.10. The second-order valence-corrected chi connectivity index (χ2v) is 4.03. The Labute approximate surface area is 101 Å². The molecule has 0 amide bonds. The van der Waals surface area contributed by atoms with Crippen molar-refractivity contribution in [2.75, 3.05) is 0 Å². The summed E-state index contributed by atoms with van der Waals surface area (Å²) in [5.41, 5.74) is 8.95. The predicted octanol–water partition coefficient (Wildman–Crippen LogP) is 1.77. The first kappa shape index (κ1) is 11.8. The zero-order valence-electron chi connectivity index (χ0n) is 9.87. The third-order valence-corrected chi connectivity index (χ3v) is 2.88. The molecule has 1 aromatic carbocycles. The molecule has 4 heteroatoms. The number of nitrogens with two attached hydrogens (primary N) is 1. The van der Waals surface area contributed by atoms with Gasteiger partial charge in [0.05, 0.1) is 24.8 Å². The maximum atomic E-state index is 9.00. The number of aromatic nitrogens is 2. The molecule has 1 atom stereocenters. The Bertz CT molecular complexity index is 476. The molecule has 2 rings (SSSR count). The van der Waals surface area contributed by atoms with Crippen LogP contribution in [-0.2, 0) is 6.61 Å². The molecule has 4 nitrogen and oxygen atoms in total. The van der Waals surface area contributed by atoms with Gasteiger partial charge in [-0.15, -0.1) is 0 Å². The van der Waals surface area contributed by atoms with E-state index in [0.717, 1.165) is 23.4 Å². The van der Waals surface area contributed by atoms with Crippen molar-refractivity contribution in [3.8, 4) is 5.69 Å². The Kier molecular flexibility index (Phi) is 3.56. The minimum absolute atomic E-state index is 0.00461. The third-order valence-electron chi connectivity index (χ3n) is 2.88. The molecule has 90 valence electrons. The van der Waals surface area contributed by atoms with Gasteiger partial charge in [-0.3, -0.25) is 0 Å². The second-order valence-electron chi connectivity index (χ2n) is 4.03. The molecule has 2 aromatic rings. The number of hydrogen-bond donors (Lipinski definition) is 2. The maximum absolute atomic E-state index is 9.00. The smallest absolute Gasteiger partial charge is 0.0994 e. The molecule has 0 spiro atoms. The molecular weight excluding hydrogens is 214 g/mol. The fourth-order valence-electron chi connectivity index (χ4n) is 1.77. The lowest BCUT2D eigenvalue weighted by atomic mass is 10.1. The van der Waals surface area contributed by atoms with Crippen molar-refractivity contribution in [3.63, 3.8) is 0 Å². The van der Waals surface area contributed by atoms with Crippen LogP contribution in [0.5, 0.6) is 0 Å². The number of benzene rings is 1. The van der Waals surface area contributed by atoms with E-state index >= 15 is 0 Å². The largest absolute Gasteiger partial charge is 0.392 e. The zero-order chi connectivity index (χ0) is 12.3. The van der Waals surface area contributed by atoms with Crippen LogP contribution in [0.1, 0.15) is 30.6 Å². The predicted molar refractivity (Wildman–Crippen MR) is 66.7 cm³/mol. The van der Waals surface area contributed by atoms with E-state index in [9.17, 15) is 0 Å². The van der Waals surface area contributed by atoms with E-state index in [-0.39, 0.29) is 12.6 Å². The number of aliphatic hydroxyl groups is 1. The van der Waals surface area contributed by atoms with E-state index < -0.39 is 0 Å². The second kappa shape index (κ2) is 5.12. The van der Waals surface area contributed by atoms with Crippen LogP contribution in [-0.4, -0.2) is 14.7 Å². The van der Waals surface area contributed by atoms with Crippen LogP contribution >= 0.6 is 0 Å². The minimum Gasteiger partial charge on any atom is -0.392 e. The van der Waals surface area contributed by atoms with Crippen molar-refractivity contribution in [1.82, 2.24) is 9.55 Å². The Morgan fingerprint density at radius 3 is 2.65 bits per heavy atom. The fourth-order valence-corrected chi connectivity index (χ4v) is 1.77. The molecule has 0 fully saturated rings. The van der Waals surface area contributed by atoms with Crippen molar-refractivity contribution in [2.45, 2.75) is 26.0 Å². The standard InChI is InChI=1S/C13H17N3O/c1-2-12(14)13-7-15-9-16(13)11-5-3-10(8-17)4-6-11/h3-7,9,12,17H,2,8,14H2,1H3/t12-/m1/s1. The van der Waals surface area contributed by atoms with Crippen LogP contribution < -0.4 is 5.73 Å². The van der Waals surface area contributed by atoms with Gasteiger partial charge in [-0.2, -0.15) is 0 Å². The zero-order valence-corrected chi connectivity index (χ0v) is 9.87. The summed E-state index contributed by atoms with van der Waals surface area (Å²) in [6.07, 6.45) is 4.44. The van der Waals surface area contributed by atoms with E-state index in [1.54, 1.807) is 12.5 Å². The lowest BCUT2D eigenvalue weighted by molar-refractivity contribution is 0.282. The van der Waals surface area contributed by atoms with Gasteiger partial charge in [0, 0.05) is 11.7 Å². The Hall–Kier alpha value is -1.65. The lowest BCUT2D eigenvalue weighted by Crippen LogP contribution is -2.13. The van der Waals surface area contributed by atoms with Gasteiger partial charge in [-0.25, -0.2) is 4.98 Å². The number of rotatable bonds is 4. The van der Waals surface area contributed by atoms with E-state index in [2.05, 4.69) is 11.9 Å². The van der Waals surface area contributed by atoms with Gasteiger partial charge in [0.15, 0.2) is 0 Å². The van der Waals surface area contributed by atoms with Crippen molar-refractivity contribution < 1.29 is 5.11 Å². The van der Waals surface area contributed by atoms with Gasteiger partial charge in [-0.1, -0.05) is 19.1 Å². The maximum Gasteiger partial charge on any atom is 0.0994 e. The van der Waals surface area contributed by atoms with Gasteiger partial charge in [0.1, 0.15) is 0 Å². The van der Waals surface area contributed by atoms with E-state index in [1.165, 1.54) is 0 Å². The van der Waals surface area contributed by atoms with Gasteiger partial charge in [-0.05, 0) is 24.1 Å². The Morgan fingerprint density at radius 1 is 1.35 bits per heavy atom. The van der Waals surface area contributed by atoms with Crippen LogP contribution in [0.15, 0.2) is 36.8 Å². The van der Waals surface area contributed by atoms with Gasteiger partial charge >= 0.3 is 0 Å². The first-order chi connectivity index (χ1) is 8.26. The summed E-state index contributed by atoms with van der Waals surface area (Å²) in [7, 11) is 0. The topological polar surface area (TPSA) is 64.1 Å². The fraction of sp³-hybridized carbons (Fsp3) is 0.308. The summed E-state index contributed by atoms with van der Waals surface area (Å²) in [5.74, 6) is 0. The van der Waals surface area contributed by atoms with E-state index in [1.807, 2.05) is 28.8 Å². The van der Waals surface area contributed by atoms with Crippen molar-refractivity contribution in [3.05, 3.63) is 48.0 Å². The summed E-state index contributed by atoms with van der Waals surface area (Å²) in [5, 5.41) is 9.00. The van der Waals surface area contributed by atoms with Crippen molar-refractivity contribution in [2.24, 2.45) is 5.73 Å². The van der Waals surface area contributed by atoms with Gasteiger partial charge in [0.25, 0.3) is 0 Å². The van der Waals surface area contributed by atoms with Crippen LogP contribution in [0.3, 0.4) is 0 Å². The average Bonchev–Trinajstić information content (AvgIpc) is 2.87. The number of aliphatic hydroxyl groups excluding tert-OH is 1. The Morgan fingerprint density at radius 2 is 2.06 bits per heavy atom.